The van der Waals surface area contributed by atoms with E-state index in [1.54, 1.807) is 62.7 Å². The Hall–Kier alpha value is -3.22. The van der Waals surface area contributed by atoms with E-state index in [9.17, 15) is 9.59 Å². The fourth-order valence-corrected chi connectivity index (χ4v) is 2.23. The number of benzene rings is 2. The zero-order valence-corrected chi connectivity index (χ0v) is 15.7. The van der Waals surface area contributed by atoms with Crippen LogP contribution in [0.5, 0.6) is 17.2 Å². The van der Waals surface area contributed by atoms with E-state index in [-0.39, 0.29) is 25.0 Å². The minimum absolute atomic E-state index is 0.0719. The molecule has 2 aromatic carbocycles. The summed E-state index contributed by atoms with van der Waals surface area (Å²) in [6, 6.07) is 14.0. The van der Waals surface area contributed by atoms with Gasteiger partial charge in [0.1, 0.15) is 17.2 Å². The van der Waals surface area contributed by atoms with Crippen molar-refractivity contribution in [3.63, 3.8) is 0 Å². The highest BCUT2D eigenvalue weighted by molar-refractivity contribution is 5.94. The van der Waals surface area contributed by atoms with Crippen LogP contribution in [0.1, 0.15) is 6.92 Å². The third-order valence-electron chi connectivity index (χ3n) is 3.68. The number of nitrogens with zero attached hydrogens (tertiary/aromatic N) is 1. The zero-order chi connectivity index (χ0) is 19.6. The molecule has 0 spiro atoms. The highest BCUT2D eigenvalue weighted by atomic mass is 16.5. The van der Waals surface area contributed by atoms with Crippen LogP contribution in [0.25, 0.3) is 0 Å². The lowest BCUT2D eigenvalue weighted by Crippen LogP contribution is -2.37. The van der Waals surface area contributed by atoms with Crippen molar-refractivity contribution in [1.29, 1.82) is 0 Å². The van der Waals surface area contributed by atoms with Crippen molar-refractivity contribution >= 4 is 17.5 Å². The molecule has 0 bridgehead atoms. The molecule has 0 aliphatic heterocycles. The van der Waals surface area contributed by atoms with Gasteiger partial charge in [-0.3, -0.25) is 9.59 Å². The summed E-state index contributed by atoms with van der Waals surface area (Å²) >= 11 is 0. The van der Waals surface area contributed by atoms with Gasteiger partial charge in [-0.1, -0.05) is 0 Å². The smallest absolute Gasteiger partial charge is 0.260 e. The summed E-state index contributed by atoms with van der Waals surface area (Å²) in [6.07, 6.45) is 0. The summed E-state index contributed by atoms with van der Waals surface area (Å²) in [5.74, 6) is 1.41. The van der Waals surface area contributed by atoms with E-state index in [4.69, 9.17) is 14.2 Å². The summed E-state index contributed by atoms with van der Waals surface area (Å²) in [7, 11) is 3.13. The van der Waals surface area contributed by atoms with Crippen LogP contribution in [-0.2, 0) is 9.59 Å². The van der Waals surface area contributed by atoms with Gasteiger partial charge in [0.15, 0.2) is 6.61 Å². The number of ether oxygens (including phenoxy) is 3. The van der Waals surface area contributed by atoms with Gasteiger partial charge in [-0.05, 0) is 55.5 Å². The lowest BCUT2D eigenvalue weighted by molar-refractivity contribution is -0.135. The minimum atomic E-state index is -0.297. The summed E-state index contributed by atoms with van der Waals surface area (Å²) < 4.78 is 15.9. The van der Waals surface area contributed by atoms with E-state index in [1.165, 1.54) is 4.90 Å². The van der Waals surface area contributed by atoms with Gasteiger partial charge < -0.3 is 24.4 Å². The van der Waals surface area contributed by atoms with E-state index in [0.29, 0.717) is 23.8 Å². The van der Waals surface area contributed by atoms with Gasteiger partial charge in [-0.25, -0.2) is 0 Å². The molecule has 0 aromatic heterocycles. The largest absolute Gasteiger partial charge is 0.497 e. The van der Waals surface area contributed by atoms with Crippen LogP contribution in [-0.4, -0.2) is 50.6 Å². The molecule has 2 rings (SSSR count). The summed E-state index contributed by atoms with van der Waals surface area (Å²) in [4.78, 5) is 25.5. The summed E-state index contributed by atoms with van der Waals surface area (Å²) in [5.41, 5.74) is 0.632. The van der Waals surface area contributed by atoms with Crippen molar-refractivity contribution < 1.29 is 23.8 Å². The van der Waals surface area contributed by atoms with Crippen molar-refractivity contribution in [3.05, 3.63) is 48.5 Å². The van der Waals surface area contributed by atoms with Gasteiger partial charge in [0.25, 0.3) is 5.91 Å². The van der Waals surface area contributed by atoms with Gasteiger partial charge in [0.2, 0.25) is 5.91 Å². The van der Waals surface area contributed by atoms with Crippen molar-refractivity contribution in [2.45, 2.75) is 6.92 Å². The van der Waals surface area contributed by atoms with E-state index in [1.807, 2.05) is 6.92 Å². The molecule has 144 valence electrons. The average molecular weight is 372 g/mol. The maximum Gasteiger partial charge on any atom is 0.260 e. The number of anilines is 1. The quantitative estimate of drug-likeness (QED) is 0.732. The number of nitrogens with one attached hydrogen (secondary N) is 1. The van der Waals surface area contributed by atoms with Gasteiger partial charge in [0.05, 0.1) is 20.3 Å². The Bertz CT molecular complexity index is 744. The summed E-state index contributed by atoms with van der Waals surface area (Å²) in [6.45, 7) is 2.27. The van der Waals surface area contributed by atoms with E-state index in [2.05, 4.69) is 5.32 Å². The zero-order valence-electron chi connectivity index (χ0n) is 15.7. The third-order valence-corrected chi connectivity index (χ3v) is 3.68. The first-order chi connectivity index (χ1) is 13.0. The normalized spacial score (nSPS) is 10.0. The first-order valence-corrected chi connectivity index (χ1v) is 8.55. The van der Waals surface area contributed by atoms with Crippen LogP contribution in [0.4, 0.5) is 5.69 Å². The lowest BCUT2D eigenvalue weighted by atomic mass is 10.3. The van der Waals surface area contributed by atoms with E-state index < -0.39 is 0 Å². The molecule has 0 saturated heterocycles. The van der Waals surface area contributed by atoms with Gasteiger partial charge in [0, 0.05) is 12.7 Å². The molecule has 0 saturated carbocycles. The van der Waals surface area contributed by atoms with Gasteiger partial charge in [-0.15, -0.1) is 0 Å². The Kier molecular flexibility index (Phi) is 7.49. The molecule has 27 heavy (non-hydrogen) atoms. The lowest BCUT2D eigenvalue weighted by Gasteiger charge is -2.17. The number of methoxy groups -OCH3 is 1. The topological polar surface area (TPSA) is 77.1 Å². The molecule has 0 radical (unpaired) electrons. The van der Waals surface area contributed by atoms with Crippen LogP contribution < -0.4 is 19.5 Å². The van der Waals surface area contributed by atoms with Crippen LogP contribution in [0.15, 0.2) is 48.5 Å². The van der Waals surface area contributed by atoms with Crippen molar-refractivity contribution in [3.8, 4) is 17.2 Å². The molecule has 0 aliphatic carbocycles. The molecule has 0 unspecified atom stereocenters. The van der Waals surface area contributed by atoms with Crippen LogP contribution >= 0.6 is 0 Å². The van der Waals surface area contributed by atoms with Crippen LogP contribution in [0, 0.1) is 0 Å². The number of hydrogen-bond acceptors (Lipinski definition) is 5. The molecule has 0 aliphatic rings. The maximum atomic E-state index is 12.1. The Morgan fingerprint density at radius 3 is 2.04 bits per heavy atom. The molecule has 2 amide bonds. The fraction of sp³-hybridized carbons (Fsp3) is 0.300. The molecule has 1 N–H and O–H groups in total. The number of carbonyl (C=O) groups is 2. The molecule has 7 nitrogen and oxygen atoms in total. The van der Waals surface area contributed by atoms with Gasteiger partial charge in [-0.2, -0.15) is 0 Å². The Balaban J connectivity index is 1.77. The maximum absolute atomic E-state index is 12.1. The number of carbonyl (C=O) groups excluding carboxylic acids is 2. The number of rotatable bonds is 9. The van der Waals surface area contributed by atoms with E-state index in [0.717, 1.165) is 5.75 Å². The fourth-order valence-electron chi connectivity index (χ4n) is 2.23. The molecule has 7 heteroatoms. The Morgan fingerprint density at radius 2 is 1.48 bits per heavy atom. The predicted octanol–water partition coefficient (Wildman–Crippen LogP) is 2.57. The number of amides is 2. The summed E-state index contributed by atoms with van der Waals surface area (Å²) in [5, 5.41) is 2.73. The highest BCUT2D eigenvalue weighted by Crippen LogP contribution is 2.17. The number of hydrogen-bond donors (Lipinski definition) is 1. The molecule has 0 fully saturated rings. The molecule has 0 heterocycles. The second-order valence-corrected chi connectivity index (χ2v) is 5.72. The SMILES string of the molecule is CCOc1ccc(OCC(=O)N(C)CC(=O)Nc2ccc(OC)cc2)cc1. The molecule has 0 atom stereocenters. The Morgan fingerprint density at radius 1 is 0.926 bits per heavy atom. The van der Waals surface area contributed by atoms with Crippen molar-refractivity contribution in [2.75, 3.05) is 39.2 Å². The molecule has 2 aromatic rings. The third kappa shape index (κ3) is 6.54. The minimum Gasteiger partial charge on any atom is -0.497 e. The van der Waals surface area contributed by atoms with Crippen LogP contribution in [0.3, 0.4) is 0 Å². The van der Waals surface area contributed by atoms with Gasteiger partial charge >= 0.3 is 0 Å². The first-order valence-electron chi connectivity index (χ1n) is 8.55. The van der Waals surface area contributed by atoms with E-state index >= 15 is 0 Å². The van der Waals surface area contributed by atoms with Crippen molar-refractivity contribution in [1.82, 2.24) is 4.90 Å². The average Bonchev–Trinajstić information content (AvgIpc) is 2.68. The number of likely N-dealkylation sites (N-methyl/N-ethyl adjacent to an activating group) is 1. The first kappa shape index (κ1) is 20.1. The second kappa shape index (κ2) is 10.1. The van der Waals surface area contributed by atoms with Crippen molar-refractivity contribution in [2.24, 2.45) is 0 Å². The Labute approximate surface area is 158 Å². The second-order valence-electron chi connectivity index (χ2n) is 5.72. The van der Waals surface area contributed by atoms with Crippen LogP contribution in [0.2, 0.25) is 0 Å². The molecular weight excluding hydrogens is 348 g/mol. The standard InChI is InChI=1S/C20H24N2O5/c1-4-26-17-9-11-18(12-10-17)27-14-20(24)22(2)13-19(23)21-15-5-7-16(25-3)8-6-15/h5-12H,4,13-14H2,1-3H3,(H,21,23). The molecular formula is C20H24N2O5. The predicted molar refractivity (Wildman–Crippen MR) is 102 cm³/mol. The monoisotopic (exact) mass is 372 g/mol. The highest BCUT2D eigenvalue weighted by Gasteiger charge is 2.14.